The van der Waals surface area contributed by atoms with Crippen molar-refractivity contribution in [1.29, 1.82) is 0 Å². The molecule has 2 amide bonds. The van der Waals surface area contributed by atoms with Crippen molar-refractivity contribution in [3.8, 4) is 5.75 Å². The summed E-state index contributed by atoms with van der Waals surface area (Å²) in [6, 6.07) is 13.3. The monoisotopic (exact) mass is 540 g/mol. The minimum atomic E-state index is -3.90. The predicted octanol–water partition coefficient (Wildman–Crippen LogP) is 3.60. The average molecular weight is 541 g/mol. The molecule has 12 heteroatoms. The molecule has 3 aromatic rings. The van der Waals surface area contributed by atoms with E-state index in [1.807, 2.05) is 58.0 Å². The Hall–Kier alpha value is -4.19. The average Bonchev–Trinajstić information content (AvgIpc) is 2.84. The Bertz CT molecular complexity index is 1410. The largest absolute Gasteiger partial charge is 0.382 e. The van der Waals surface area contributed by atoms with Gasteiger partial charge in [-0.3, -0.25) is 9.59 Å². The van der Waals surface area contributed by atoms with Gasteiger partial charge in [0.25, 0.3) is 11.8 Å². The fourth-order valence-electron chi connectivity index (χ4n) is 3.36. The maximum absolute atomic E-state index is 13.2. The van der Waals surface area contributed by atoms with Crippen molar-refractivity contribution in [3.05, 3.63) is 71.4 Å². The highest BCUT2D eigenvalue weighted by Crippen LogP contribution is 2.27. The lowest BCUT2D eigenvalue weighted by atomic mass is 10.1. The summed E-state index contributed by atoms with van der Waals surface area (Å²) in [4.78, 5) is 33.6. The Morgan fingerprint density at radius 1 is 1.00 bits per heavy atom. The molecule has 38 heavy (non-hydrogen) atoms. The SMILES string of the molecule is CC(C)[C@@H](C)Nc1nc(Nc2ccc(OS(C)(=O)=O)c(C(=O)N[C@H](C)c3ccccc3)c2)ncc1C(N)=O. The first kappa shape index (κ1) is 28.4. The third-order valence-corrected chi connectivity index (χ3v) is 6.27. The van der Waals surface area contributed by atoms with Gasteiger partial charge in [-0.05, 0) is 43.5 Å². The van der Waals surface area contributed by atoms with Crippen LogP contribution in [0.25, 0.3) is 0 Å². The number of primary amides is 1. The van der Waals surface area contributed by atoms with Crippen LogP contribution in [0.1, 0.15) is 60.0 Å². The van der Waals surface area contributed by atoms with Gasteiger partial charge in [0.2, 0.25) is 5.95 Å². The first-order valence-electron chi connectivity index (χ1n) is 11.9. The van der Waals surface area contributed by atoms with Crippen molar-refractivity contribution < 1.29 is 22.2 Å². The highest BCUT2D eigenvalue weighted by molar-refractivity contribution is 7.86. The second-order valence-electron chi connectivity index (χ2n) is 9.23. The smallest absolute Gasteiger partial charge is 0.306 e. The Labute approximate surface area is 222 Å². The van der Waals surface area contributed by atoms with Crippen LogP contribution in [0.3, 0.4) is 0 Å². The van der Waals surface area contributed by atoms with Gasteiger partial charge < -0.3 is 25.9 Å². The highest BCUT2D eigenvalue weighted by Gasteiger charge is 2.20. The molecule has 0 aliphatic rings. The van der Waals surface area contributed by atoms with Crippen LogP contribution in [0.4, 0.5) is 17.5 Å². The lowest BCUT2D eigenvalue weighted by Crippen LogP contribution is -2.27. The minimum absolute atomic E-state index is 0.00909. The summed E-state index contributed by atoms with van der Waals surface area (Å²) in [6.45, 7) is 7.81. The zero-order chi connectivity index (χ0) is 28.0. The fraction of sp³-hybridized carbons (Fsp3) is 0.308. The summed E-state index contributed by atoms with van der Waals surface area (Å²) in [5, 5.41) is 9.02. The number of nitrogens with zero attached hydrogens (tertiary/aromatic N) is 2. The third-order valence-electron chi connectivity index (χ3n) is 5.79. The van der Waals surface area contributed by atoms with E-state index in [1.54, 1.807) is 0 Å². The molecule has 1 aromatic heterocycles. The maximum Gasteiger partial charge on any atom is 0.306 e. The molecule has 0 unspecified atom stereocenters. The van der Waals surface area contributed by atoms with Crippen molar-refractivity contribution >= 4 is 39.4 Å². The summed E-state index contributed by atoms with van der Waals surface area (Å²) in [5.41, 5.74) is 6.87. The van der Waals surface area contributed by atoms with Crippen molar-refractivity contribution in [1.82, 2.24) is 15.3 Å². The number of anilines is 3. The summed E-state index contributed by atoms with van der Waals surface area (Å²) in [7, 11) is -3.90. The second-order valence-corrected chi connectivity index (χ2v) is 10.8. The van der Waals surface area contributed by atoms with Crippen LogP contribution >= 0.6 is 0 Å². The number of amides is 2. The summed E-state index contributed by atoms with van der Waals surface area (Å²) in [5.74, 6) is -0.694. The number of aromatic nitrogens is 2. The summed E-state index contributed by atoms with van der Waals surface area (Å²) >= 11 is 0. The van der Waals surface area contributed by atoms with Crippen LogP contribution in [0, 0.1) is 5.92 Å². The number of rotatable bonds is 11. The normalized spacial score (nSPS) is 12.9. The Morgan fingerprint density at radius 2 is 1.68 bits per heavy atom. The van der Waals surface area contributed by atoms with E-state index in [1.165, 1.54) is 24.4 Å². The van der Waals surface area contributed by atoms with Gasteiger partial charge in [0, 0.05) is 17.9 Å². The van der Waals surface area contributed by atoms with Crippen LogP contribution in [-0.2, 0) is 10.1 Å². The molecule has 0 saturated carbocycles. The maximum atomic E-state index is 13.2. The first-order valence-corrected chi connectivity index (χ1v) is 13.8. The van der Waals surface area contributed by atoms with Crippen LogP contribution in [0.2, 0.25) is 0 Å². The standard InChI is InChI=1S/C26H32N6O5S/c1-15(2)16(3)29-24-21(23(27)33)14-28-26(32-24)31-19-11-12-22(37-38(5,35)36)20(13-19)25(34)30-17(4)18-9-7-6-8-10-18/h6-17H,1-5H3,(H2,27,33)(H,30,34)(H2,28,29,31,32)/t16-,17-/m1/s1. The molecule has 3 rings (SSSR count). The summed E-state index contributed by atoms with van der Waals surface area (Å²) < 4.78 is 28.7. The van der Waals surface area contributed by atoms with E-state index in [4.69, 9.17) is 9.92 Å². The van der Waals surface area contributed by atoms with E-state index in [0.717, 1.165) is 11.8 Å². The minimum Gasteiger partial charge on any atom is -0.382 e. The van der Waals surface area contributed by atoms with E-state index < -0.39 is 21.9 Å². The van der Waals surface area contributed by atoms with E-state index in [-0.39, 0.29) is 46.6 Å². The molecule has 0 spiro atoms. The Morgan fingerprint density at radius 3 is 2.29 bits per heavy atom. The second kappa shape index (κ2) is 11.9. The molecule has 202 valence electrons. The Balaban J connectivity index is 1.93. The lowest BCUT2D eigenvalue weighted by Gasteiger charge is -2.20. The number of carbonyl (C=O) groups is 2. The van der Waals surface area contributed by atoms with Crippen LogP contribution in [0.5, 0.6) is 5.75 Å². The van der Waals surface area contributed by atoms with Crippen LogP contribution in [-0.4, -0.2) is 42.5 Å². The molecule has 2 atom stereocenters. The van der Waals surface area contributed by atoms with Crippen molar-refractivity contribution in [2.24, 2.45) is 11.7 Å². The van der Waals surface area contributed by atoms with E-state index in [0.29, 0.717) is 5.69 Å². The molecule has 2 aromatic carbocycles. The molecule has 5 N–H and O–H groups in total. The number of hydrogen-bond acceptors (Lipinski definition) is 9. The lowest BCUT2D eigenvalue weighted by molar-refractivity contribution is 0.0937. The molecule has 11 nitrogen and oxygen atoms in total. The molecule has 0 bridgehead atoms. The van der Waals surface area contributed by atoms with Gasteiger partial charge in [0.1, 0.15) is 5.82 Å². The number of nitrogens with two attached hydrogens (primary N) is 1. The van der Waals surface area contributed by atoms with Gasteiger partial charge >= 0.3 is 10.1 Å². The number of nitrogens with one attached hydrogen (secondary N) is 3. The fourth-order valence-corrected chi connectivity index (χ4v) is 3.84. The van der Waals surface area contributed by atoms with Gasteiger partial charge in [0.15, 0.2) is 5.75 Å². The van der Waals surface area contributed by atoms with Gasteiger partial charge in [-0.15, -0.1) is 0 Å². The van der Waals surface area contributed by atoms with Gasteiger partial charge in [-0.2, -0.15) is 13.4 Å². The van der Waals surface area contributed by atoms with Crippen LogP contribution in [0.15, 0.2) is 54.7 Å². The molecule has 0 radical (unpaired) electrons. The summed E-state index contributed by atoms with van der Waals surface area (Å²) in [6.07, 6.45) is 2.21. The van der Waals surface area contributed by atoms with Gasteiger partial charge in [-0.1, -0.05) is 44.2 Å². The number of hydrogen-bond donors (Lipinski definition) is 4. The first-order chi connectivity index (χ1) is 17.8. The predicted molar refractivity (Wildman–Crippen MR) is 146 cm³/mol. The zero-order valence-electron chi connectivity index (χ0n) is 21.8. The van der Waals surface area contributed by atoms with Gasteiger partial charge in [0.05, 0.1) is 23.4 Å². The Kier molecular flexibility index (Phi) is 8.89. The van der Waals surface area contributed by atoms with E-state index in [9.17, 15) is 18.0 Å². The molecule has 0 aliphatic heterocycles. The molecular weight excluding hydrogens is 508 g/mol. The van der Waals surface area contributed by atoms with Crippen molar-refractivity contribution in [2.45, 2.75) is 39.8 Å². The molecule has 0 saturated heterocycles. The molecule has 0 aliphatic carbocycles. The zero-order valence-corrected chi connectivity index (χ0v) is 22.7. The van der Waals surface area contributed by atoms with Gasteiger partial charge in [-0.25, -0.2) is 4.98 Å². The van der Waals surface area contributed by atoms with Crippen molar-refractivity contribution in [3.63, 3.8) is 0 Å². The number of benzene rings is 2. The van der Waals surface area contributed by atoms with Crippen LogP contribution < -0.4 is 25.9 Å². The quantitative estimate of drug-likeness (QED) is 0.266. The van der Waals surface area contributed by atoms with E-state index in [2.05, 4.69) is 25.9 Å². The highest BCUT2D eigenvalue weighted by atomic mass is 32.2. The molecular formula is C26H32N6O5S. The molecule has 0 fully saturated rings. The number of carbonyl (C=O) groups excluding carboxylic acids is 2. The third kappa shape index (κ3) is 7.65. The van der Waals surface area contributed by atoms with Crippen molar-refractivity contribution in [2.75, 3.05) is 16.9 Å². The van der Waals surface area contributed by atoms with E-state index >= 15 is 0 Å². The molecule has 1 heterocycles. The topological polar surface area (TPSA) is 165 Å².